The van der Waals surface area contributed by atoms with Crippen LogP contribution in [0.25, 0.3) is 0 Å². The van der Waals surface area contributed by atoms with E-state index in [9.17, 15) is 17.6 Å². The lowest BCUT2D eigenvalue weighted by atomic mass is 10.2. The molecule has 0 aliphatic carbocycles. The Kier molecular flexibility index (Phi) is 4.16. The summed E-state index contributed by atoms with van der Waals surface area (Å²) in [6.07, 6.45) is 0. The van der Waals surface area contributed by atoms with E-state index in [2.05, 4.69) is 0 Å². The lowest BCUT2D eigenvalue weighted by Crippen LogP contribution is -2.34. The summed E-state index contributed by atoms with van der Waals surface area (Å²) >= 11 is 0. The van der Waals surface area contributed by atoms with Gasteiger partial charge in [0, 0.05) is 12.1 Å². The molecule has 1 aromatic carbocycles. The number of carbonyl (C=O) groups excluding carboxylic acids is 1. The fraction of sp³-hybridized carbons (Fsp3) is 0.222. The van der Waals surface area contributed by atoms with Crippen LogP contribution in [0.3, 0.4) is 0 Å². The van der Waals surface area contributed by atoms with Crippen LogP contribution < -0.4 is 16.2 Å². The minimum Gasteiger partial charge on any atom is -0.369 e. The second-order valence-corrected chi connectivity index (χ2v) is 4.95. The Balaban J connectivity index is 3.15. The number of hydrogen-bond acceptors (Lipinski definition) is 4. The van der Waals surface area contributed by atoms with Crippen molar-refractivity contribution in [1.82, 2.24) is 4.72 Å². The molecule has 0 bridgehead atoms. The number of nitrogens with two attached hydrogens (primary N) is 2. The van der Waals surface area contributed by atoms with Gasteiger partial charge in [0.15, 0.2) is 0 Å². The van der Waals surface area contributed by atoms with Crippen molar-refractivity contribution in [2.45, 2.75) is 11.4 Å². The van der Waals surface area contributed by atoms with Crippen LogP contribution in [0.2, 0.25) is 0 Å². The number of amides is 1. The quantitative estimate of drug-likeness (QED) is 0.633. The molecular formula is C9H12FN3O3S. The summed E-state index contributed by atoms with van der Waals surface area (Å²) in [6.45, 7) is -0.817. The van der Waals surface area contributed by atoms with Gasteiger partial charge in [-0.1, -0.05) is 6.07 Å². The Morgan fingerprint density at radius 1 is 1.41 bits per heavy atom. The van der Waals surface area contributed by atoms with E-state index in [1.807, 2.05) is 4.72 Å². The average molecular weight is 261 g/mol. The number of benzene rings is 1. The van der Waals surface area contributed by atoms with E-state index in [4.69, 9.17) is 11.5 Å². The van der Waals surface area contributed by atoms with E-state index < -0.39 is 28.3 Å². The van der Waals surface area contributed by atoms with Gasteiger partial charge in [0.25, 0.3) is 0 Å². The van der Waals surface area contributed by atoms with Crippen LogP contribution in [0.15, 0.2) is 23.1 Å². The van der Waals surface area contributed by atoms with Gasteiger partial charge in [-0.05, 0) is 12.1 Å². The molecule has 5 N–H and O–H groups in total. The van der Waals surface area contributed by atoms with Gasteiger partial charge in [-0.2, -0.15) is 0 Å². The maximum atomic E-state index is 13.3. The molecule has 17 heavy (non-hydrogen) atoms. The molecule has 0 radical (unpaired) electrons. The average Bonchev–Trinajstić information content (AvgIpc) is 2.26. The number of halogens is 1. The molecule has 0 aromatic heterocycles. The number of sulfonamides is 1. The Bertz CT molecular complexity index is 530. The Hall–Kier alpha value is -1.51. The minimum atomic E-state index is -3.99. The van der Waals surface area contributed by atoms with E-state index in [1.54, 1.807) is 0 Å². The normalized spacial score (nSPS) is 11.4. The van der Waals surface area contributed by atoms with E-state index in [1.165, 1.54) is 12.1 Å². The van der Waals surface area contributed by atoms with E-state index >= 15 is 0 Å². The molecule has 0 fully saturated rings. The zero-order valence-electron chi connectivity index (χ0n) is 8.81. The second-order valence-electron chi connectivity index (χ2n) is 3.21. The predicted molar refractivity (Wildman–Crippen MR) is 58.7 cm³/mol. The predicted octanol–water partition coefficient (Wildman–Crippen LogP) is -0.952. The number of nitrogens with one attached hydrogen (secondary N) is 1. The molecular weight excluding hydrogens is 249 g/mol. The summed E-state index contributed by atoms with van der Waals surface area (Å²) in [5.74, 6) is -1.55. The summed E-state index contributed by atoms with van der Waals surface area (Å²) < 4.78 is 38.7. The van der Waals surface area contributed by atoms with Crippen LogP contribution in [0.1, 0.15) is 5.56 Å². The van der Waals surface area contributed by atoms with Crippen LogP contribution in [0, 0.1) is 5.82 Å². The van der Waals surface area contributed by atoms with Gasteiger partial charge in [0.05, 0.1) is 11.4 Å². The highest BCUT2D eigenvalue weighted by Crippen LogP contribution is 2.17. The standard InChI is InChI=1S/C9H12FN3O3S/c10-7-2-1-3-8(6(7)4-11)17(15,16)13-5-9(12)14/h1-3,13H,4-5,11H2,(H2,12,14). The summed E-state index contributed by atoms with van der Waals surface area (Å²) in [6, 6.07) is 3.55. The third kappa shape index (κ3) is 3.22. The number of rotatable bonds is 5. The van der Waals surface area contributed by atoms with Crippen molar-refractivity contribution in [3.63, 3.8) is 0 Å². The third-order valence-corrected chi connectivity index (χ3v) is 3.49. The molecule has 0 spiro atoms. The third-order valence-electron chi connectivity index (χ3n) is 2.01. The second kappa shape index (κ2) is 5.21. The van der Waals surface area contributed by atoms with E-state index in [0.29, 0.717) is 0 Å². The van der Waals surface area contributed by atoms with Gasteiger partial charge < -0.3 is 11.5 Å². The van der Waals surface area contributed by atoms with Crippen molar-refractivity contribution in [1.29, 1.82) is 0 Å². The molecule has 0 aliphatic rings. The highest BCUT2D eigenvalue weighted by atomic mass is 32.2. The highest BCUT2D eigenvalue weighted by Gasteiger charge is 2.20. The van der Waals surface area contributed by atoms with Crippen LogP contribution >= 0.6 is 0 Å². The first-order chi connectivity index (χ1) is 7.88. The van der Waals surface area contributed by atoms with Gasteiger partial charge in [-0.25, -0.2) is 17.5 Å². The first-order valence-electron chi connectivity index (χ1n) is 4.64. The zero-order chi connectivity index (χ0) is 13.1. The summed E-state index contributed by atoms with van der Waals surface area (Å²) in [5, 5.41) is 0. The molecule has 8 heteroatoms. The van der Waals surface area contributed by atoms with Crippen LogP contribution in [0.4, 0.5) is 4.39 Å². The SMILES string of the molecule is NCc1c(F)cccc1S(=O)(=O)NCC(N)=O. The molecule has 0 aliphatic heterocycles. The van der Waals surface area contributed by atoms with Crippen molar-refractivity contribution in [3.8, 4) is 0 Å². The van der Waals surface area contributed by atoms with Crippen molar-refractivity contribution in [3.05, 3.63) is 29.6 Å². The highest BCUT2D eigenvalue weighted by molar-refractivity contribution is 7.89. The Morgan fingerprint density at radius 3 is 2.59 bits per heavy atom. The topological polar surface area (TPSA) is 115 Å². The maximum Gasteiger partial charge on any atom is 0.241 e. The molecule has 6 nitrogen and oxygen atoms in total. The molecule has 0 saturated heterocycles. The molecule has 0 heterocycles. The van der Waals surface area contributed by atoms with Gasteiger partial charge >= 0.3 is 0 Å². The van der Waals surface area contributed by atoms with Crippen LogP contribution in [-0.4, -0.2) is 20.9 Å². The van der Waals surface area contributed by atoms with Crippen molar-refractivity contribution >= 4 is 15.9 Å². The molecule has 0 atom stereocenters. The monoisotopic (exact) mass is 261 g/mol. The van der Waals surface area contributed by atoms with Gasteiger partial charge in [0.2, 0.25) is 15.9 Å². The lowest BCUT2D eigenvalue weighted by molar-refractivity contribution is -0.116. The van der Waals surface area contributed by atoms with E-state index in [0.717, 1.165) is 6.07 Å². The smallest absolute Gasteiger partial charge is 0.241 e. The molecule has 94 valence electrons. The van der Waals surface area contributed by atoms with Crippen molar-refractivity contribution in [2.24, 2.45) is 11.5 Å². The van der Waals surface area contributed by atoms with Gasteiger partial charge in [0.1, 0.15) is 5.82 Å². The largest absolute Gasteiger partial charge is 0.369 e. The zero-order valence-corrected chi connectivity index (χ0v) is 9.63. The molecule has 0 unspecified atom stereocenters. The molecule has 1 aromatic rings. The van der Waals surface area contributed by atoms with Crippen molar-refractivity contribution in [2.75, 3.05) is 6.54 Å². The Morgan fingerprint density at radius 2 is 2.06 bits per heavy atom. The fourth-order valence-corrected chi connectivity index (χ4v) is 2.48. The number of carbonyl (C=O) groups is 1. The maximum absolute atomic E-state index is 13.3. The van der Waals surface area contributed by atoms with Gasteiger partial charge in [-0.3, -0.25) is 4.79 Å². The molecule has 1 amide bonds. The summed E-state index contributed by atoms with van der Waals surface area (Å²) in [5.41, 5.74) is 9.96. The lowest BCUT2D eigenvalue weighted by Gasteiger charge is -2.09. The summed E-state index contributed by atoms with van der Waals surface area (Å²) in [7, 11) is -3.99. The van der Waals surface area contributed by atoms with Crippen LogP contribution in [0.5, 0.6) is 0 Å². The Labute approximate surface area is 97.8 Å². The van der Waals surface area contributed by atoms with E-state index in [-0.39, 0.29) is 17.0 Å². The van der Waals surface area contributed by atoms with Crippen molar-refractivity contribution < 1.29 is 17.6 Å². The number of primary amides is 1. The first kappa shape index (κ1) is 13.6. The molecule has 1 rings (SSSR count). The molecule has 0 saturated carbocycles. The minimum absolute atomic E-state index is 0.135. The van der Waals surface area contributed by atoms with Crippen LogP contribution in [-0.2, 0) is 21.4 Å². The summed E-state index contributed by atoms with van der Waals surface area (Å²) in [4.78, 5) is 10.2. The van der Waals surface area contributed by atoms with Gasteiger partial charge in [-0.15, -0.1) is 0 Å². The first-order valence-corrected chi connectivity index (χ1v) is 6.12. The number of hydrogen-bond donors (Lipinski definition) is 3. The fourth-order valence-electron chi connectivity index (χ4n) is 1.23.